The number of anilines is 2. The summed E-state index contributed by atoms with van der Waals surface area (Å²) in [6.07, 6.45) is 1.85. The van der Waals surface area contributed by atoms with Crippen LogP contribution in [-0.4, -0.2) is 53.4 Å². The van der Waals surface area contributed by atoms with Crippen molar-refractivity contribution in [2.24, 2.45) is 0 Å². The van der Waals surface area contributed by atoms with Crippen LogP contribution in [0.3, 0.4) is 0 Å². The Hall–Kier alpha value is -3.96. The van der Waals surface area contributed by atoms with Crippen molar-refractivity contribution in [2.45, 2.75) is 6.04 Å². The van der Waals surface area contributed by atoms with Gasteiger partial charge in [-0.15, -0.1) is 0 Å². The standard InChI is InChI=1S/C30H30N4O/c35-29(24-34(26-14-6-2-7-15-26)27-16-8-3-9-17-27)32-20-22-33(23-21-32)30(25-12-4-1-5-13-25)28-18-10-11-19-31-28/h1-19,30H,20-24H2. The number of aromatic nitrogens is 1. The smallest absolute Gasteiger partial charge is 0.242 e. The molecule has 1 unspecified atom stereocenters. The lowest BCUT2D eigenvalue weighted by atomic mass is 10.0. The Morgan fingerprint density at radius 3 is 1.80 bits per heavy atom. The summed E-state index contributed by atoms with van der Waals surface area (Å²) < 4.78 is 0. The number of nitrogens with zero attached hydrogens (tertiary/aromatic N) is 4. The Kier molecular flexibility index (Phi) is 7.16. The lowest BCUT2D eigenvalue weighted by molar-refractivity contribution is -0.131. The first kappa shape index (κ1) is 22.8. The maximum Gasteiger partial charge on any atom is 0.242 e. The van der Waals surface area contributed by atoms with Crippen LogP contribution in [0.1, 0.15) is 17.3 Å². The van der Waals surface area contributed by atoms with Gasteiger partial charge in [-0.2, -0.15) is 0 Å². The molecular weight excluding hydrogens is 432 g/mol. The van der Waals surface area contributed by atoms with Crippen molar-refractivity contribution in [2.75, 3.05) is 37.6 Å². The van der Waals surface area contributed by atoms with Crippen molar-refractivity contribution in [3.05, 3.63) is 127 Å². The molecule has 1 amide bonds. The van der Waals surface area contributed by atoms with Gasteiger partial charge in [0, 0.05) is 43.8 Å². The SMILES string of the molecule is O=C(CN(c1ccccc1)c1ccccc1)N1CCN(C(c2ccccc2)c2ccccn2)CC1. The summed E-state index contributed by atoms with van der Waals surface area (Å²) in [7, 11) is 0. The van der Waals surface area contributed by atoms with Crippen LogP contribution in [-0.2, 0) is 4.79 Å². The fourth-order valence-corrected chi connectivity index (χ4v) is 4.75. The number of pyridine rings is 1. The number of amides is 1. The number of carbonyl (C=O) groups excluding carboxylic acids is 1. The van der Waals surface area contributed by atoms with E-state index in [0.717, 1.165) is 30.2 Å². The summed E-state index contributed by atoms with van der Waals surface area (Å²) in [5.74, 6) is 0.145. The fraction of sp³-hybridized carbons (Fsp3) is 0.200. The highest BCUT2D eigenvalue weighted by molar-refractivity contribution is 5.84. The third-order valence-corrected chi connectivity index (χ3v) is 6.54. The molecule has 1 aliphatic heterocycles. The van der Waals surface area contributed by atoms with Crippen LogP contribution in [0, 0.1) is 0 Å². The van der Waals surface area contributed by atoms with E-state index in [9.17, 15) is 4.79 Å². The summed E-state index contributed by atoms with van der Waals surface area (Å²) in [5.41, 5.74) is 4.30. The molecule has 1 aliphatic rings. The Labute approximate surface area is 207 Å². The van der Waals surface area contributed by atoms with E-state index in [1.54, 1.807) is 0 Å². The van der Waals surface area contributed by atoms with Crippen LogP contribution in [0.15, 0.2) is 115 Å². The van der Waals surface area contributed by atoms with E-state index in [4.69, 9.17) is 0 Å². The predicted molar refractivity (Wildman–Crippen MR) is 141 cm³/mol. The lowest BCUT2D eigenvalue weighted by Crippen LogP contribution is -2.51. The minimum absolute atomic E-state index is 0.0831. The first-order valence-corrected chi connectivity index (χ1v) is 12.1. The normalized spacial score (nSPS) is 14.9. The number of hydrogen-bond donors (Lipinski definition) is 0. The van der Waals surface area contributed by atoms with E-state index in [1.165, 1.54) is 5.56 Å². The molecule has 3 aromatic carbocycles. The highest BCUT2D eigenvalue weighted by Crippen LogP contribution is 2.29. The van der Waals surface area contributed by atoms with Crippen LogP contribution in [0.2, 0.25) is 0 Å². The average molecular weight is 463 g/mol. The summed E-state index contributed by atoms with van der Waals surface area (Å²) in [6.45, 7) is 3.33. The molecule has 5 rings (SSSR count). The monoisotopic (exact) mass is 462 g/mol. The molecule has 1 saturated heterocycles. The summed E-state index contributed by atoms with van der Waals surface area (Å²) in [6, 6.07) is 36.9. The average Bonchev–Trinajstić information content (AvgIpc) is 2.94. The Morgan fingerprint density at radius 2 is 1.26 bits per heavy atom. The van der Waals surface area contributed by atoms with Gasteiger partial charge in [-0.05, 0) is 42.0 Å². The van der Waals surface area contributed by atoms with Crippen LogP contribution < -0.4 is 4.90 Å². The largest absolute Gasteiger partial charge is 0.339 e. The molecule has 1 atom stereocenters. The van der Waals surface area contributed by atoms with Gasteiger partial charge in [-0.1, -0.05) is 72.8 Å². The van der Waals surface area contributed by atoms with Crippen molar-refractivity contribution >= 4 is 17.3 Å². The first-order chi connectivity index (χ1) is 17.3. The molecule has 0 N–H and O–H groups in total. The number of piperazine rings is 1. The maximum absolute atomic E-state index is 13.4. The summed E-state index contributed by atoms with van der Waals surface area (Å²) in [4.78, 5) is 24.6. The molecule has 176 valence electrons. The van der Waals surface area contributed by atoms with Gasteiger partial charge in [0.05, 0.1) is 11.7 Å². The predicted octanol–water partition coefficient (Wildman–Crippen LogP) is 5.15. The van der Waals surface area contributed by atoms with Crippen molar-refractivity contribution in [3.63, 3.8) is 0 Å². The van der Waals surface area contributed by atoms with Crippen molar-refractivity contribution in [1.82, 2.24) is 14.8 Å². The van der Waals surface area contributed by atoms with Crippen LogP contribution in [0.5, 0.6) is 0 Å². The zero-order valence-corrected chi connectivity index (χ0v) is 19.8. The van der Waals surface area contributed by atoms with Gasteiger partial charge in [-0.3, -0.25) is 14.7 Å². The minimum atomic E-state index is 0.0831. The fourth-order valence-electron chi connectivity index (χ4n) is 4.75. The topological polar surface area (TPSA) is 39.7 Å². The van der Waals surface area contributed by atoms with E-state index in [0.29, 0.717) is 19.6 Å². The van der Waals surface area contributed by atoms with Gasteiger partial charge < -0.3 is 9.80 Å². The molecular formula is C30H30N4O. The van der Waals surface area contributed by atoms with Crippen molar-refractivity contribution < 1.29 is 4.79 Å². The second kappa shape index (κ2) is 11.0. The van der Waals surface area contributed by atoms with Gasteiger partial charge in [0.2, 0.25) is 5.91 Å². The quantitative estimate of drug-likeness (QED) is 0.381. The van der Waals surface area contributed by atoms with E-state index in [1.807, 2.05) is 65.7 Å². The van der Waals surface area contributed by atoms with Crippen LogP contribution >= 0.6 is 0 Å². The molecule has 4 aromatic rings. The number of hydrogen-bond acceptors (Lipinski definition) is 4. The number of rotatable bonds is 7. The Bertz CT molecular complexity index is 1120. The van der Waals surface area contributed by atoms with Crippen LogP contribution in [0.4, 0.5) is 11.4 Å². The molecule has 5 heteroatoms. The Balaban J connectivity index is 1.30. The van der Waals surface area contributed by atoms with E-state index in [-0.39, 0.29) is 11.9 Å². The summed E-state index contributed by atoms with van der Waals surface area (Å²) >= 11 is 0. The molecule has 5 nitrogen and oxygen atoms in total. The molecule has 0 aliphatic carbocycles. The van der Waals surface area contributed by atoms with E-state index < -0.39 is 0 Å². The Morgan fingerprint density at radius 1 is 0.714 bits per heavy atom. The minimum Gasteiger partial charge on any atom is -0.339 e. The molecule has 1 aromatic heterocycles. The second-order valence-corrected chi connectivity index (χ2v) is 8.74. The highest BCUT2D eigenvalue weighted by atomic mass is 16.2. The van der Waals surface area contributed by atoms with Crippen LogP contribution in [0.25, 0.3) is 0 Å². The van der Waals surface area contributed by atoms with E-state index >= 15 is 0 Å². The van der Waals surface area contributed by atoms with Gasteiger partial charge in [0.1, 0.15) is 6.54 Å². The van der Waals surface area contributed by atoms with Gasteiger partial charge in [0.15, 0.2) is 0 Å². The molecule has 0 spiro atoms. The van der Waals surface area contributed by atoms with Gasteiger partial charge in [0.25, 0.3) is 0 Å². The summed E-state index contributed by atoms with van der Waals surface area (Å²) in [5, 5.41) is 0. The molecule has 0 radical (unpaired) electrons. The third-order valence-electron chi connectivity index (χ3n) is 6.54. The first-order valence-electron chi connectivity index (χ1n) is 12.1. The van der Waals surface area contributed by atoms with Gasteiger partial charge >= 0.3 is 0 Å². The molecule has 2 heterocycles. The van der Waals surface area contributed by atoms with Gasteiger partial charge in [-0.25, -0.2) is 0 Å². The lowest BCUT2D eigenvalue weighted by Gasteiger charge is -2.40. The molecule has 35 heavy (non-hydrogen) atoms. The maximum atomic E-state index is 13.4. The second-order valence-electron chi connectivity index (χ2n) is 8.74. The third kappa shape index (κ3) is 5.42. The molecule has 0 bridgehead atoms. The molecule has 0 saturated carbocycles. The zero-order chi connectivity index (χ0) is 23.9. The number of para-hydroxylation sites is 2. The van der Waals surface area contributed by atoms with E-state index in [2.05, 4.69) is 69.4 Å². The van der Waals surface area contributed by atoms with Crippen molar-refractivity contribution in [3.8, 4) is 0 Å². The number of carbonyl (C=O) groups is 1. The zero-order valence-electron chi connectivity index (χ0n) is 19.8. The highest BCUT2D eigenvalue weighted by Gasteiger charge is 2.29. The molecule has 1 fully saturated rings. The van der Waals surface area contributed by atoms with Crippen molar-refractivity contribution in [1.29, 1.82) is 0 Å². The number of benzene rings is 3.